The van der Waals surface area contributed by atoms with Crippen molar-refractivity contribution in [3.63, 3.8) is 0 Å². The Labute approximate surface area is 84.2 Å². The minimum absolute atomic E-state index is 0.0957. The lowest BCUT2D eigenvalue weighted by atomic mass is 9.93. The molecule has 1 N–H and O–H groups in total. The SMILES string of the molecule is CCOC(C)C1(C(O)C(=O)OC)CC1. The molecule has 0 saturated heterocycles. The molecule has 4 nitrogen and oxygen atoms in total. The van der Waals surface area contributed by atoms with E-state index in [-0.39, 0.29) is 6.10 Å². The minimum Gasteiger partial charge on any atom is -0.467 e. The van der Waals surface area contributed by atoms with Crippen LogP contribution in [0.2, 0.25) is 0 Å². The van der Waals surface area contributed by atoms with Gasteiger partial charge < -0.3 is 14.6 Å². The van der Waals surface area contributed by atoms with Crippen LogP contribution in [0.5, 0.6) is 0 Å². The van der Waals surface area contributed by atoms with Gasteiger partial charge in [-0.2, -0.15) is 0 Å². The summed E-state index contributed by atoms with van der Waals surface area (Å²) < 4.78 is 9.94. The van der Waals surface area contributed by atoms with Crippen LogP contribution in [0.15, 0.2) is 0 Å². The minimum atomic E-state index is -1.05. The first-order valence-electron chi connectivity index (χ1n) is 4.96. The van der Waals surface area contributed by atoms with Crippen LogP contribution < -0.4 is 0 Å². The average molecular weight is 202 g/mol. The molecule has 0 aromatic heterocycles. The maximum atomic E-state index is 11.2. The smallest absolute Gasteiger partial charge is 0.335 e. The maximum Gasteiger partial charge on any atom is 0.335 e. The molecule has 0 aromatic carbocycles. The van der Waals surface area contributed by atoms with Gasteiger partial charge >= 0.3 is 5.97 Å². The van der Waals surface area contributed by atoms with Crippen molar-refractivity contribution in [1.82, 2.24) is 0 Å². The predicted molar refractivity (Wildman–Crippen MR) is 50.8 cm³/mol. The average Bonchev–Trinajstić information content (AvgIpc) is 2.97. The zero-order chi connectivity index (χ0) is 10.8. The van der Waals surface area contributed by atoms with Gasteiger partial charge in [0, 0.05) is 12.0 Å². The third-order valence-corrected chi connectivity index (χ3v) is 3.02. The maximum absolute atomic E-state index is 11.2. The van der Waals surface area contributed by atoms with E-state index in [1.54, 1.807) is 0 Å². The summed E-state index contributed by atoms with van der Waals surface area (Å²) in [6.07, 6.45) is 0.505. The monoisotopic (exact) mass is 202 g/mol. The highest BCUT2D eigenvalue weighted by atomic mass is 16.5. The Hall–Kier alpha value is -0.610. The van der Waals surface area contributed by atoms with Gasteiger partial charge in [0.25, 0.3) is 0 Å². The van der Waals surface area contributed by atoms with Crippen molar-refractivity contribution in [3.05, 3.63) is 0 Å². The Kier molecular flexibility index (Phi) is 3.50. The van der Waals surface area contributed by atoms with Gasteiger partial charge in [0.15, 0.2) is 6.10 Å². The van der Waals surface area contributed by atoms with Crippen LogP contribution in [0.25, 0.3) is 0 Å². The van der Waals surface area contributed by atoms with Crippen LogP contribution in [0.3, 0.4) is 0 Å². The molecule has 4 heteroatoms. The highest BCUT2D eigenvalue weighted by Gasteiger charge is 2.56. The van der Waals surface area contributed by atoms with E-state index in [4.69, 9.17) is 4.74 Å². The van der Waals surface area contributed by atoms with Gasteiger partial charge in [-0.05, 0) is 26.7 Å². The van der Waals surface area contributed by atoms with Crippen molar-refractivity contribution < 1.29 is 19.4 Å². The van der Waals surface area contributed by atoms with Crippen LogP contribution in [-0.2, 0) is 14.3 Å². The molecule has 0 aromatic rings. The molecule has 0 heterocycles. The molecule has 0 aliphatic heterocycles. The van der Waals surface area contributed by atoms with Crippen molar-refractivity contribution in [2.45, 2.75) is 38.9 Å². The van der Waals surface area contributed by atoms with Crippen LogP contribution >= 0.6 is 0 Å². The van der Waals surface area contributed by atoms with Gasteiger partial charge in [-0.1, -0.05) is 0 Å². The van der Waals surface area contributed by atoms with Crippen molar-refractivity contribution in [2.75, 3.05) is 13.7 Å². The molecule has 82 valence electrons. The van der Waals surface area contributed by atoms with Crippen LogP contribution in [0.4, 0.5) is 0 Å². The summed E-state index contributed by atoms with van der Waals surface area (Å²) in [5.41, 5.74) is -0.400. The lowest BCUT2D eigenvalue weighted by Crippen LogP contribution is -2.39. The Morgan fingerprint density at radius 2 is 2.14 bits per heavy atom. The number of ether oxygens (including phenoxy) is 2. The molecule has 1 saturated carbocycles. The number of hydrogen-bond acceptors (Lipinski definition) is 4. The summed E-state index contributed by atoms with van der Waals surface area (Å²) in [5, 5.41) is 9.75. The first kappa shape index (κ1) is 11.5. The fourth-order valence-corrected chi connectivity index (χ4v) is 1.81. The van der Waals surface area contributed by atoms with Crippen LogP contribution in [0, 0.1) is 5.41 Å². The number of carbonyl (C=O) groups is 1. The van der Waals surface area contributed by atoms with E-state index in [2.05, 4.69) is 4.74 Å². The van der Waals surface area contributed by atoms with E-state index in [0.29, 0.717) is 6.61 Å². The number of carbonyl (C=O) groups excluding carboxylic acids is 1. The van der Waals surface area contributed by atoms with Crippen molar-refractivity contribution >= 4 is 5.97 Å². The van der Waals surface area contributed by atoms with Gasteiger partial charge in [-0.15, -0.1) is 0 Å². The van der Waals surface area contributed by atoms with E-state index in [9.17, 15) is 9.90 Å². The number of hydrogen-bond donors (Lipinski definition) is 1. The van der Waals surface area contributed by atoms with E-state index in [0.717, 1.165) is 12.8 Å². The highest BCUT2D eigenvalue weighted by Crippen LogP contribution is 2.53. The number of rotatable bonds is 5. The van der Waals surface area contributed by atoms with E-state index in [1.807, 2.05) is 13.8 Å². The summed E-state index contributed by atoms with van der Waals surface area (Å²) >= 11 is 0. The first-order chi connectivity index (χ1) is 6.58. The quantitative estimate of drug-likeness (QED) is 0.668. The topological polar surface area (TPSA) is 55.8 Å². The van der Waals surface area contributed by atoms with Gasteiger partial charge in [0.2, 0.25) is 0 Å². The zero-order valence-corrected chi connectivity index (χ0v) is 8.95. The molecular formula is C10H18O4. The van der Waals surface area contributed by atoms with Gasteiger partial charge in [-0.3, -0.25) is 0 Å². The fraction of sp³-hybridized carbons (Fsp3) is 0.900. The van der Waals surface area contributed by atoms with Gasteiger partial charge in [0.05, 0.1) is 13.2 Å². The highest BCUT2D eigenvalue weighted by molar-refractivity contribution is 5.76. The Morgan fingerprint density at radius 3 is 2.50 bits per heavy atom. The molecule has 14 heavy (non-hydrogen) atoms. The Morgan fingerprint density at radius 1 is 1.57 bits per heavy atom. The zero-order valence-electron chi connectivity index (χ0n) is 8.95. The molecule has 1 fully saturated rings. The third kappa shape index (κ3) is 1.91. The van der Waals surface area contributed by atoms with E-state index < -0.39 is 17.5 Å². The summed E-state index contributed by atoms with van der Waals surface area (Å²) in [7, 11) is 1.28. The van der Waals surface area contributed by atoms with Gasteiger partial charge in [-0.25, -0.2) is 4.79 Å². The van der Waals surface area contributed by atoms with Gasteiger partial charge in [0.1, 0.15) is 0 Å². The Bertz CT molecular complexity index is 210. The largest absolute Gasteiger partial charge is 0.467 e. The lowest BCUT2D eigenvalue weighted by molar-refractivity contribution is -0.159. The molecule has 0 bridgehead atoms. The standard InChI is InChI=1S/C10H18O4/c1-4-14-7(2)10(5-6-10)8(11)9(12)13-3/h7-8,11H,4-6H2,1-3H3. The fourth-order valence-electron chi connectivity index (χ4n) is 1.81. The second kappa shape index (κ2) is 4.28. The third-order valence-electron chi connectivity index (χ3n) is 3.02. The second-order valence-corrected chi connectivity index (χ2v) is 3.76. The van der Waals surface area contributed by atoms with E-state index in [1.165, 1.54) is 7.11 Å². The van der Waals surface area contributed by atoms with Crippen LogP contribution in [0.1, 0.15) is 26.7 Å². The number of methoxy groups -OCH3 is 1. The summed E-state index contributed by atoms with van der Waals surface area (Å²) in [4.78, 5) is 11.2. The second-order valence-electron chi connectivity index (χ2n) is 3.76. The van der Waals surface area contributed by atoms with Crippen molar-refractivity contribution in [1.29, 1.82) is 0 Å². The molecule has 0 spiro atoms. The van der Waals surface area contributed by atoms with Crippen molar-refractivity contribution in [3.8, 4) is 0 Å². The Balaban J connectivity index is 2.60. The molecule has 1 aliphatic rings. The van der Waals surface area contributed by atoms with E-state index >= 15 is 0 Å². The number of esters is 1. The molecular weight excluding hydrogens is 184 g/mol. The number of aliphatic hydroxyl groups excluding tert-OH is 1. The van der Waals surface area contributed by atoms with Crippen LogP contribution in [-0.4, -0.2) is 37.0 Å². The normalized spacial score (nSPS) is 22.6. The predicted octanol–water partition coefficient (Wildman–Crippen LogP) is 0.725. The van der Waals surface area contributed by atoms with Crippen molar-refractivity contribution in [2.24, 2.45) is 5.41 Å². The number of aliphatic hydroxyl groups is 1. The summed E-state index contributed by atoms with van der Waals surface area (Å²) in [6, 6.07) is 0. The first-order valence-corrected chi connectivity index (χ1v) is 4.96. The molecule has 1 rings (SSSR count). The summed E-state index contributed by atoms with van der Waals surface area (Å²) in [5.74, 6) is -0.561. The molecule has 0 amide bonds. The lowest BCUT2D eigenvalue weighted by Gasteiger charge is -2.26. The molecule has 0 radical (unpaired) electrons. The summed E-state index contributed by atoms with van der Waals surface area (Å²) in [6.45, 7) is 4.39. The molecule has 2 unspecified atom stereocenters. The molecule has 1 aliphatic carbocycles. The molecule has 2 atom stereocenters.